The number of amides is 2. The first-order valence-corrected chi connectivity index (χ1v) is 10.2. The molecular formula is C23H30N2O2. The second-order valence-electron chi connectivity index (χ2n) is 9.12. The fourth-order valence-corrected chi connectivity index (χ4v) is 6.15. The molecule has 0 heterocycles. The summed E-state index contributed by atoms with van der Waals surface area (Å²) in [6, 6.07) is 7.60. The summed E-state index contributed by atoms with van der Waals surface area (Å²) in [5.74, 6) is 2.57. The molecule has 5 rings (SSSR count). The van der Waals surface area contributed by atoms with Gasteiger partial charge in [0.2, 0.25) is 11.8 Å². The third-order valence-electron chi connectivity index (χ3n) is 6.94. The molecule has 0 aliphatic heterocycles. The van der Waals surface area contributed by atoms with E-state index in [1.54, 1.807) is 0 Å². The van der Waals surface area contributed by atoms with Crippen LogP contribution in [0.2, 0.25) is 0 Å². The van der Waals surface area contributed by atoms with Gasteiger partial charge >= 0.3 is 0 Å². The standard InChI is InChI=1S/C23H30N2O2/c1-15(23-11-18-7-19(12-23)9-20(8-18)13-23)6-22(27)24-14-17-4-3-5-21(10-17)25-16(2)26/h3-6,10,18-20H,7-9,11-14H2,1-2H3,(H,24,27)(H,25,26)/b15-6+. The lowest BCUT2D eigenvalue weighted by Crippen LogP contribution is -2.46. The van der Waals surface area contributed by atoms with Crippen LogP contribution in [-0.4, -0.2) is 11.8 Å². The normalized spacial score (nSPS) is 31.6. The molecular weight excluding hydrogens is 336 g/mol. The van der Waals surface area contributed by atoms with Crippen LogP contribution in [0.15, 0.2) is 35.9 Å². The van der Waals surface area contributed by atoms with Crippen molar-refractivity contribution >= 4 is 17.5 Å². The smallest absolute Gasteiger partial charge is 0.244 e. The Morgan fingerprint density at radius 2 is 1.70 bits per heavy atom. The Morgan fingerprint density at radius 1 is 1.07 bits per heavy atom. The molecule has 144 valence electrons. The number of nitrogens with one attached hydrogen (secondary N) is 2. The Morgan fingerprint density at radius 3 is 2.30 bits per heavy atom. The van der Waals surface area contributed by atoms with Gasteiger partial charge in [0.15, 0.2) is 0 Å². The summed E-state index contributed by atoms with van der Waals surface area (Å²) in [5, 5.41) is 5.79. The number of hydrogen-bond acceptors (Lipinski definition) is 2. The lowest BCUT2D eigenvalue weighted by Gasteiger charge is -2.57. The van der Waals surface area contributed by atoms with E-state index in [1.165, 1.54) is 51.0 Å². The van der Waals surface area contributed by atoms with E-state index in [0.29, 0.717) is 6.54 Å². The highest BCUT2D eigenvalue weighted by atomic mass is 16.2. The lowest BCUT2D eigenvalue weighted by molar-refractivity contribution is -0.117. The van der Waals surface area contributed by atoms with Gasteiger partial charge in [-0.2, -0.15) is 0 Å². The maximum absolute atomic E-state index is 12.5. The van der Waals surface area contributed by atoms with Gasteiger partial charge in [0.1, 0.15) is 0 Å². The summed E-state index contributed by atoms with van der Waals surface area (Å²) in [4.78, 5) is 23.7. The van der Waals surface area contributed by atoms with E-state index in [9.17, 15) is 9.59 Å². The first-order valence-electron chi connectivity index (χ1n) is 10.2. The predicted octanol–water partition coefficient (Wildman–Crippen LogP) is 4.42. The Labute approximate surface area is 161 Å². The quantitative estimate of drug-likeness (QED) is 0.758. The van der Waals surface area contributed by atoms with Crippen LogP contribution in [0.1, 0.15) is 57.9 Å². The molecule has 4 nitrogen and oxygen atoms in total. The number of allylic oxidation sites excluding steroid dienone is 1. The van der Waals surface area contributed by atoms with E-state index < -0.39 is 0 Å². The molecule has 0 spiro atoms. The van der Waals surface area contributed by atoms with Gasteiger partial charge in [-0.05, 0) is 86.3 Å². The van der Waals surface area contributed by atoms with Crippen molar-refractivity contribution in [3.63, 3.8) is 0 Å². The average molecular weight is 367 g/mol. The molecule has 1 aromatic carbocycles. The van der Waals surface area contributed by atoms with Crippen molar-refractivity contribution in [2.45, 2.75) is 58.9 Å². The van der Waals surface area contributed by atoms with Gasteiger partial charge in [0.05, 0.1) is 0 Å². The molecule has 4 fully saturated rings. The largest absolute Gasteiger partial charge is 0.348 e. The highest BCUT2D eigenvalue weighted by molar-refractivity contribution is 5.89. The zero-order valence-electron chi connectivity index (χ0n) is 16.4. The van der Waals surface area contributed by atoms with E-state index in [-0.39, 0.29) is 17.2 Å². The van der Waals surface area contributed by atoms with Crippen LogP contribution in [-0.2, 0) is 16.1 Å². The predicted molar refractivity (Wildman–Crippen MR) is 107 cm³/mol. The fourth-order valence-electron chi connectivity index (χ4n) is 6.15. The van der Waals surface area contributed by atoms with Gasteiger partial charge in [-0.1, -0.05) is 17.7 Å². The Bertz CT molecular complexity index is 745. The highest BCUT2D eigenvalue weighted by Crippen LogP contribution is 2.62. The van der Waals surface area contributed by atoms with E-state index in [1.807, 2.05) is 30.3 Å². The van der Waals surface area contributed by atoms with Crippen molar-refractivity contribution in [2.75, 3.05) is 5.32 Å². The Hall–Kier alpha value is -2.10. The van der Waals surface area contributed by atoms with Crippen molar-refractivity contribution in [2.24, 2.45) is 23.2 Å². The molecule has 2 amide bonds. The van der Waals surface area contributed by atoms with Crippen LogP contribution in [0.25, 0.3) is 0 Å². The molecule has 4 aliphatic rings. The number of anilines is 1. The molecule has 0 atom stereocenters. The van der Waals surface area contributed by atoms with Crippen molar-refractivity contribution < 1.29 is 9.59 Å². The third kappa shape index (κ3) is 3.95. The number of benzene rings is 1. The third-order valence-corrected chi connectivity index (χ3v) is 6.94. The fraction of sp³-hybridized carbons (Fsp3) is 0.565. The summed E-state index contributed by atoms with van der Waals surface area (Å²) in [7, 11) is 0. The Balaban J connectivity index is 1.38. The summed E-state index contributed by atoms with van der Waals surface area (Å²) >= 11 is 0. The molecule has 4 bridgehead atoms. The van der Waals surface area contributed by atoms with E-state index in [0.717, 1.165) is 29.0 Å². The maximum atomic E-state index is 12.5. The molecule has 4 aliphatic carbocycles. The molecule has 0 saturated heterocycles. The lowest BCUT2D eigenvalue weighted by atomic mass is 9.48. The zero-order valence-corrected chi connectivity index (χ0v) is 16.4. The van der Waals surface area contributed by atoms with Crippen molar-refractivity contribution in [1.82, 2.24) is 5.32 Å². The monoisotopic (exact) mass is 366 g/mol. The molecule has 4 heteroatoms. The summed E-state index contributed by atoms with van der Waals surface area (Å²) in [6.45, 7) is 4.13. The average Bonchev–Trinajstić information content (AvgIpc) is 2.58. The number of rotatable bonds is 5. The second kappa shape index (κ2) is 7.14. The second-order valence-corrected chi connectivity index (χ2v) is 9.12. The molecule has 0 unspecified atom stereocenters. The van der Waals surface area contributed by atoms with Crippen molar-refractivity contribution in [3.8, 4) is 0 Å². The Kier molecular flexibility index (Phi) is 4.83. The summed E-state index contributed by atoms with van der Waals surface area (Å²) in [5.41, 5.74) is 3.31. The van der Waals surface area contributed by atoms with Gasteiger partial charge < -0.3 is 10.6 Å². The van der Waals surface area contributed by atoms with E-state index >= 15 is 0 Å². The molecule has 0 radical (unpaired) electrons. The number of carbonyl (C=O) groups is 2. The minimum Gasteiger partial charge on any atom is -0.348 e. The van der Waals surface area contributed by atoms with Crippen LogP contribution in [0.3, 0.4) is 0 Å². The van der Waals surface area contributed by atoms with Gasteiger partial charge in [0, 0.05) is 25.2 Å². The minimum atomic E-state index is -0.0923. The molecule has 2 N–H and O–H groups in total. The topological polar surface area (TPSA) is 58.2 Å². The molecule has 4 saturated carbocycles. The molecule has 0 aromatic heterocycles. The van der Waals surface area contributed by atoms with Gasteiger partial charge in [-0.3, -0.25) is 9.59 Å². The van der Waals surface area contributed by atoms with Gasteiger partial charge in [-0.15, -0.1) is 0 Å². The van der Waals surface area contributed by atoms with Gasteiger partial charge in [0.25, 0.3) is 0 Å². The first-order chi connectivity index (χ1) is 12.9. The van der Waals surface area contributed by atoms with Crippen LogP contribution in [0.4, 0.5) is 5.69 Å². The SMILES string of the molecule is CC(=O)Nc1cccc(CNC(=O)/C=C(\C)C23CC4CC(CC(C4)C2)C3)c1. The van der Waals surface area contributed by atoms with Crippen molar-refractivity contribution in [1.29, 1.82) is 0 Å². The zero-order chi connectivity index (χ0) is 19.0. The first kappa shape index (κ1) is 18.3. The summed E-state index contributed by atoms with van der Waals surface area (Å²) < 4.78 is 0. The van der Waals surface area contributed by atoms with Crippen molar-refractivity contribution in [3.05, 3.63) is 41.5 Å². The molecule has 1 aromatic rings. The van der Waals surface area contributed by atoms with Gasteiger partial charge in [-0.25, -0.2) is 0 Å². The van der Waals surface area contributed by atoms with Crippen LogP contribution in [0.5, 0.6) is 0 Å². The number of carbonyl (C=O) groups excluding carboxylic acids is 2. The van der Waals surface area contributed by atoms with Crippen LogP contribution < -0.4 is 10.6 Å². The van der Waals surface area contributed by atoms with E-state index in [4.69, 9.17) is 0 Å². The van der Waals surface area contributed by atoms with Crippen LogP contribution >= 0.6 is 0 Å². The highest BCUT2D eigenvalue weighted by Gasteiger charge is 2.51. The van der Waals surface area contributed by atoms with Crippen LogP contribution in [0, 0.1) is 23.2 Å². The van der Waals surface area contributed by atoms with E-state index in [2.05, 4.69) is 17.6 Å². The number of hydrogen-bond donors (Lipinski definition) is 2. The molecule has 27 heavy (non-hydrogen) atoms. The minimum absolute atomic E-state index is 0.00632. The summed E-state index contributed by atoms with van der Waals surface area (Å²) in [6.07, 6.45) is 9.97. The maximum Gasteiger partial charge on any atom is 0.244 e.